The first-order chi connectivity index (χ1) is 9.10. The van der Waals surface area contributed by atoms with Crippen molar-refractivity contribution < 1.29 is 14.3 Å². The van der Waals surface area contributed by atoms with Crippen molar-refractivity contribution in [2.24, 2.45) is 0 Å². The average Bonchev–Trinajstić information content (AvgIpc) is 2.41. The van der Waals surface area contributed by atoms with Crippen LogP contribution >= 0.6 is 0 Å². The topological polar surface area (TPSA) is 38.8 Å². The van der Waals surface area contributed by atoms with Gasteiger partial charge in [0.15, 0.2) is 0 Å². The maximum atomic E-state index is 12.4. The number of hydrogen-bond donors (Lipinski definition) is 0. The summed E-state index contributed by atoms with van der Waals surface area (Å²) in [6, 6.07) is 7.80. The van der Waals surface area contributed by atoms with E-state index in [1.807, 2.05) is 43.0 Å². The molecule has 1 amide bonds. The summed E-state index contributed by atoms with van der Waals surface area (Å²) in [5.74, 6) is 0.935. The first kappa shape index (κ1) is 13.9. The predicted molar refractivity (Wildman–Crippen MR) is 73.3 cm³/mol. The van der Waals surface area contributed by atoms with E-state index >= 15 is 0 Å². The normalized spacial score (nSPS) is 23.2. The summed E-state index contributed by atoms with van der Waals surface area (Å²) < 4.78 is 10.7. The van der Waals surface area contributed by atoms with Crippen LogP contribution in [-0.4, -0.2) is 43.2 Å². The van der Waals surface area contributed by atoms with Crippen molar-refractivity contribution in [2.45, 2.75) is 32.4 Å². The van der Waals surface area contributed by atoms with Gasteiger partial charge >= 0.3 is 0 Å². The molecule has 0 N–H and O–H groups in total. The molecule has 4 nitrogen and oxygen atoms in total. The summed E-state index contributed by atoms with van der Waals surface area (Å²) in [5.41, 5.74) is 0.982. The Morgan fingerprint density at radius 2 is 2.26 bits per heavy atom. The van der Waals surface area contributed by atoms with Gasteiger partial charge in [-0.15, -0.1) is 0 Å². The number of morpholine rings is 1. The second-order valence-corrected chi connectivity index (χ2v) is 5.07. The average molecular weight is 263 g/mol. The van der Waals surface area contributed by atoms with Gasteiger partial charge in [0.1, 0.15) is 5.75 Å². The van der Waals surface area contributed by atoms with E-state index in [1.54, 1.807) is 7.11 Å². The van der Waals surface area contributed by atoms with Crippen molar-refractivity contribution in [3.05, 3.63) is 29.8 Å². The molecule has 104 valence electrons. The van der Waals surface area contributed by atoms with E-state index in [2.05, 4.69) is 0 Å². The summed E-state index contributed by atoms with van der Waals surface area (Å²) in [5, 5.41) is 0. The highest BCUT2D eigenvalue weighted by atomic mass is 16.5. The van der Waals surface area contributed by atoms with Crippen molar-refractivity contribution in [3.63, 3.8) is 0 Å². The first-order valence-corrected chi connectivity index (χ1v) is 6.64. The summed E-state index contributed by atoms with van der Waals surface area (Å²) in [6.07, 6.45) is 0.527. The molecule has 0 saturated carbocycles. The lowest BCUT2D eigenvalue weighted by atomic mass is 10.1. The predicted octanol–water partition coefficient (Wildman–Crippen LogP) is 1.87. The second kappa shape index (κ2) is 6.06. The number of carbonyl (C=O) groups is 1. The molecular formula is C15H21NO3. The van der Waals surface area contributed by atoms with Crippen LogP contribution in [0.4, 0.5) is 0 Å². The van der Waals surface area contributed by atoms with Crippen molar-refractivity contribution in [1.82, 2.24) is 4.90 Å². The van der Waals surface area contributed by atoms with Crippen molar-refractivity contribution in [2.75, 3.05) is 20.3 Å². The molecule has 1 heterocycles. The van der Waals surface area contributed by atoms with Gasteiger partial charge in [0.05, 0.1) is 32.3 Å². The van der Waals surface area contributed by atoms with Crippen LogP contribution in [0.15, 0.2) is 24.3 Å². The van der Waals surface area contributed by atoms with Gasteiger partial charge in [-0.3, -0.25) is 4.79 Å². The van der Waals surface area contributed by atoms with E-state index < -0.39 is 0 Å². The number of carbonyl (C=O) groups excluding carboxylic acids is 1. The second-order valence-electron chi connectivity index (χ2n) is 5.07. The molecule has 0 bridgehead atoms. The molecule has 0 aromatic heterocycles. The Morgan fingerprint density at radius 1 is 1.47 bits per heavy atom. The Labute approximate surface area is 114 Å². The molecule has 0 aliphatic carbocycles. The molecule has 1 fully saturated rings. The summed E-state index contributed by atoms with van der Waals surface area (Å²) in [7, 11) is 1.63. The molecule has 1 aliphatic heterocycles. The zero-order valence-electron chi connectivity index (χ0n) is 11.8. The smallest absolute Gasteiger partial charge is 0.227 e. The molecular weight excluding hydrogens is 242 g/mol. The van der Waals surface area contributed by atoms with Crippen LogP contribution in [0.2, 0.25) is 0 Å². The Morgan fingerprint density at radius 3 is 3.00 bits per heavy atom. The van der Waals surface area contributed by atoms with Crippen LogP contribution in [0.3, 0.4) is 0 Å². The monoisotopic (exact) mass is 263 g/mol. The third kappa shape index (κ3) is 3.47. The summed E-state index contributed by atoms with van der Waals surface area (Å²) in [6.45, 7) is 5.31. The molecule has 1 aromatic rings. The molecule has 19 heavy (non-hydrogen) atoms. The number of benzene rings is 1. The maximum absolute atomic E-state index is 12.4. The molecule has 2 rings (SSSR count). The van der Waals surface area contributed by atoms with E-state index in [1.165, 1.54) is 0 Å². The largest absolute Gasteiger partial charge is 0.497 e. The van der Waals surface area contributed by atoms with Gasteiger partial charge in [-0.1, -0.05) is 12.1 Å². The molecule has 0 radical (unpaired) electrons. The molecule has 2 unspecified atom stereocenters. The van der Waals surface area contributed by atoms with Crippen LogP contribution in [0.25, 0.3) is 0 Å². The fourth-order valence-corrected chi connectivity index (χ4v) is 2.31. The van der Waals surface area contributed by atoms with Crippen LogP contribution < -0.4 is 4.74 Å². The van der Waals surface area contributed by atoms with Gasteiger partial charge < -0.3 is 14.4 Å². The number of hydrogen-bond acceptors (Lipinski definition) is 3. The van der Waals surface area contributed by atoms with Gasteiger partial charge in [-0.05, 0) is 31.5 Å². The van der Waals surface area contributed by atoms with E-state index in [4.69, 9.17) is 9.47 Å². The first-order valence-electron chi connectivity index (χ1n) is 6.64. The van der Waals surface area contributed by atoms with Gasteiger partial charge in [0.2, 0.25) is 5.91 Å². The number of ether oxygens (including phenoxy) is 2. The Kier molecular flexibility index (Phi) is 4.43. The van der Waals surface area contributed by atoms with Crippen LogP contribution in [0.1, 0.15) is 19.4 Å². The van der Waals surface area contributed by atoms with Crippen LogP contribution in [-0.2, 0) is 16.0 Å². The van der Waals surface area contributed by atoms with Gasteiger partial charge in [0.25, 0.3) is 0 Å². The highest BCUT2D eigenvalue weighted by molar-refractivity contribution is 5.79. The van der Waals surface area contributed by atoms with E-state index in [-0.39, 0.29) is 18.1 Å². The lowest BCUT2D eigenvalue weighted by Gasteiger charge is -2.37. The number of methoxy groups -OCH3 is 1. The van der Waals surface area contributed by atoms with E-state index in [0.29, 0.717) is 19.6 Å². The fraction of sp³-hybridized carbons (Fsp3) is 0.533. The molecule has 1 aliphatic rings. The molecule has 0 spiro atoms. The highest BCUT2D eigenvalue weighted by Gasteiger charge is 2.27. The summed E-state index contributed by atoms with van der Waals surface area (Å²) in [4.78, 5) is 14.3. The van der Waals surface area contributed by atoms with Crippen molar-refractivity contribution in [1.29, 1.82) is 0 Å². The highest BCUT2D eigenvalue weighted by Crippen LogP contribution is 2.16. The maximum Gasteiger partial charge on any atom is 0.227 e. The molecule has 4 heteroatoms. The minimum atomic E-state index is 0.116. The van der Waals surface area contributed by atoms with Crippen molar-refractivity contribution >= 4 is 5.91 Å². The quantitative estimate of drug-likeness (QED) is 0.835. The van der Waals surface area contributed by atoms with Crippen LogP contribution in [0, 0.1) is 0 Å². The molecule has 1 saturated heterocycles. The Bertz CT molecular complexity index is 447. The Balaban J connectivity index is 2.03. The van der Waals surface area contributed by atoms with Crippen molar-refractivity contribution in [3.8, 4) is 5.75 Å². The van der Waals surface area contributed by atoms with Crippen LogP contribution in [0.5, 0.6) is 5.75 Å². The minimum Gasteiger partial charge on any atom is -0.497 e. The number of rotatable bonds is 3. The Hall–Kier alpha value is -1.55. The van der Waals surface area contributed by atoms with Gasteiger partial charge in [-0.2, -0.15) is 0 Å². The lowest BCUT2D eigenvalue weighted by Crippen LogP contribution is -2.50. The van der Waals surface area contributed by atoms with E-state index in [9.17, 15) is 4.79 Å². The van der Waals surface area contributed by atoms with Gasteiger partial charge in [-0.25, -0.2) is 0 Å². The molecule has 2 atom stereocenters. The third-order valence-corrected chi connectivity index (χ3v) is 3.42. The fourth-order valence-electron chi connectivity index (χ4n) is 2.31. The third-order valence-electron chi connectivity index (χ3n) is 3.42. The SMILES string of the molecule is COc1cccc(CC(=O)N2CC(C)OCC2C)c1. The minimum absolute atomic E-state index is 0.116. The summed E-state index contributed by atoms with van der Waals surface area (Å²) >= 11 is 0. The number of nitrogens with zero attached hydrogens (tertiary/aromatic N) is 1. The van der Waals surface area contributed by atoms with Gasteiger partial charge in [0, 0.05) is 6.54 Å². The zero-order chi connectivity index (χ0) is 13.8. The van der Waals surface area contributed by atoms with E-state index in [0.717, 1.165) is 11.3 Å². The zero-order valence-corrected chi connectivity index (χ0v) is 11.8. The standard InChI is InChI=1S/C15H21NO3/c1-11-10-19-12(2)9-16(11)15(17)8-13-5-4-6-14(7-13)18-3/h4-7,11-12H,8-10H2,1-3H3. The number of amides is 1. The lowest BCUT2D eigenvalue weighted by molar-refractivity contribution is -0.142. The molecule has 1 aromatic carbocycles.